The smallest absolute Gasteiger partial charge is 0.164 e. The Morgan fingerprint density at radius 2 is 2.29 bits per heavy atom. The van der Waals surface area contributed by atoms with Crippen LogP contribution in [0.3, 0.4) is 0 Å². The number of hydrogen-bond donors (Lipinski definition) is 1. The number of nitrogens with zero attached hydrogens (tertiary/aromatic N) is 4. The zero-order valence-electron chi connectivity index (χ0n) is 8.97. The summed E-state index contributed by atoms with van der Waals surface area (Å²) in [5, 5.41) is 12.7. The minimum Gasteiger partial charge on any atom is -0.324 e. The molecule has 1 heterocycles. The lowest BCUT2D eigenvalue weighted by Crippen LogP contribution is -2.05. The van der Waals surface area contributed by atoms with Crippen LogP contribution < -0.4 is 5.73 Å². The maximum absolute atomic E-state index is 13.6. The summed E-state index contributed by atoms with van der Waals surface area (Å²) in [5.74, 6) is 0.0906. The molecule has 5 nitrogen and oxygen atoms in total. The van der Waals surface area contributed by atoms with Gasteiger partial charge in [-0.1, -0.05) is 6.07 Å². The molecule has 0 aliphatic heterocycles. The van der Waals surface area contributed by atoms with Crippen molar-refractivity contribution in [2.24, 2.45) is 5.73 Å². The van der Waals surface area contributed by atoms with E-state index in [1.54, 1.807) is 12.1 Å². The molecular formula is C11H10FN5. The van der Waals surface area contributed by atoms with Crippen LogP contribution in [0, 0.1) is 17.1 Å². The van der Waals surface area contributed by atoms with E-state index in [9.17, 15) is 4.39 Å². The molecule has 1 aromatic carbocycles. The molecule has 0 saturated carbocycles. The third kappa shape index (κ3) is 2.46. The lowest BCUT2D eigenvalue weighted by molar-refractivity contribution is 0.582. The van der Waals surface area contributed by atoms with Crippen molar-refractivity contribution in [2.45, 2.75) is 13.1 Å². The second kappa shape index (κ2) is 4.72. The Labute approximate surface area is 97.3 Å². The summed E-state index contributed by atoms with van der Waals surface area (Å²) in [6, 6.07) is 6.22. The molecule has 0 amide bonds. The Bertz CT molecular complexity index is 569. The predicted molar refractivity (Wildman–Crippen MR) is 58.1 cm³/mol. The topological polar surface area (TPSA) is 80.5 Å². The van der Waals surface area contributed by atoms with Crippen LogP contribution in [0.5, 0.6) is 0 Å². The molecule has 1 aromatic heterocycles. The van der Waals surface area contributed by atoms with Crippen molar-refractivity contribution < 1.29 is 4.39 Å². The van der Waals surface area contributed by atoms with Crippen molar-refractivity contribution in [3.63, 3.8) is 0 Å². The summed E-state index contributed by atoms with van der Waals surface area (Å²) in [6.45, 7) is 0.521. The summed E-state index contributed by atoms with van der Waals surface area (Å²) >= 11 is 0. The number of benzene rings is 1. The van der Waals surface area contributed by atoms with Crippen LogP contribution in [0.15, 0.2) is 24.5 Å². The van der Waals surface area contributed by atoms with Crippen LogP contribution in [0.2, 0.25) is 0 Å². The second-order valence-electron chi connectivity index (χ2n) is 3.48. The van der Waals surface area contributed by atoms with Crippen molar-refractivity contribution in [1.29, 1.82) is 5.26 Å². The zero-order chi connectivity index (χ0) is 12.3. The average Bonchev–Trinajstić information content (AvgIpc) is 2.79. The molecule has 2 N–H and O–H groups in total. The normalized spacial score (nSPS) is 10.2. The van der Waals surface area contributed by atoms with Crippen LogP contribution in [0.4, 0.5) is 4.39 Å². The first-order valence-corrected chi connectivity index (χ1v) is 5.00. The predicted octanol–water partition coefficient (Wildman–Crippen LogP) is 0.796. The van der Waals surface area contributed by atoms with Gasteiger partial charge in [-0.2, -0.15) is 10.4 Å². The lowest BCUT2D eigenvalue weighted by Gasteiger charge is -2.03. The Kier molecular flexibility index (Phi) is 3.12. The molecular weight excluding hydrogens is 221 g/mol. The molecule has 6 heteroatoms. The monoisotopic (exact) mass is 231 g/mol. The number of hydrogen-bond acceptors (Lipinski definition) is 4. The largest absolute Gasteiger partial charge is 0.324 e. The first-order chi connectivity index (χ1) is 8.22. The number of nitrogens with two attached hydrogens (primary N) is 1. The SMILES string of the molecule is N#Cc1ccc(Cn2cnc(CN)n2)c(F)c1. The van der Waals surface area contributed by atoms with Crippen molar-refractivity contribution in [1.82, 2.24) is 14.8 Å². The molecule has 0 fully saturated rings. The maximum atomic E-state index is 13.6. The summed E-state index contributed by atoms with van der Waals surface area (Å²) in [5.41, 5.74) is 6.13. The van der Waals surface area contributed by atoms with Crippen LogP contribution >= 0.6 is 0 Å². The Morgan fingerprint density at radius 3 is 2.88 bits per heavy atom. The first kappa shape index (κ1) is 11.2. The molecule has 0 aliphatic rings. The quantitative estimate of drug-likeness (QED) is 0.847. The van der Waals surface area contributed by atoms with E-state index in [2.05, 4.69) is 10.1 Å². The summed E-state index contributed by atoms with van der Waals surface area (Å²) in [4.78, 5) is 3.95. The Hall–Kier alpha value is -2.26. The first-order valence-electron chi connectivity index (χ1n) is 5.00. The second-order valence-corrected chi connectivity index (χ2v) is 3.48. The van der Waals surface area contributed by atoms with Crippen LogP contribution in [-0.4, -0.2) is 14.8 Å². The highest BCUT2D eigenvalue weighted by Crippen LogP contribution is 2.11. The van der Waals surface area contributed by atoms with Crippen LogP contribution in [-0.2, 0) is 13.1 Å². The lowest BCUT2D eigenvalue weighted by atomic mass is 10.1. The highest BCUT2D eigenvalue weighted by Gasteiger charge is 2.06. The van der Waals surface area contributed by atoms with E-state index in [-0.39, 0.29) is 13.1 Å². The van der Waals surface area contributed by atoms with Crippen LogP contribution in [0.1, 0.15) is 17.0 Å². The fraction of sp³-hybridized carbons (Fsp3) is 0.182. The molecule has 0 atom stereocenters. The van der Waals surface area contributed by atoms with Crippen LogP contribution in [0.25, 0.3) is 0 Å². The van der Waals surface area contributed by atoms with Gasteiger partial charge in [0, 0.05) is 5.56 Å². The zero-order valence-corrected chi connectivity index (χ0v) is 8.97. The van der Waals surface area contributed by atoms with Gasteiger partial charge in [-0.3, -0.25) is 0 Å². The minimum absolute atomic E-state index is 0.253. The van der Waals surface area contributed by atoms with Gasteiger partial charge in [-0.25, -0.2) is 14.1 Å². The molecule has 0 unspecified atom stereocenters. The van der Waals surface area contributed by atoms with Gasteiger partial charge in [-0.15, -0.1) is 0 Å². The van der Waals surface area contributed by atoms with E-state index in [0.29, 0.717) is 17.0 Å². The molecule has 0 bridgehead atoms. The standard InChI is InChI=1S/C11H10FN5/c12-10-3-8(4-13)1-2-9(10)6-17-7-15-11(5-14)16-17/h1-3,7H,5-6,14H2. The Balaban J connectivity index is 2.21. The molecule has 86 valence electrons. The number of nitriles is 1. The number of rotatable bonds is 3. The highest BCUT2D eigenvalue weighted by atomic mass is 19.1. The molecule has 0 radical (unpaired) electrons. The molecule has 2 aromatic rings. The van der Waals surface area contributed by atoms with E-state index in [0.717, 1.165) is 0 Å². The number of halogens is 1. The van der Waals surface area contributed by atoms with E-state index >= 15 is 0 Å². The van der Waals surface area contributed by atoms with Gasteiger partial charge >= 0.3 is 0 Å². The van der Waals surface area contributed by atoms with Gasteiger partial charge in [0.1, 0.15) is 12.1 Å². The third-order valence-electron chi connectivity index (χ3n) is 2.28. The maximum Gasteiger partial charge on any atom is 0.164 e. The highest BCUT2D eigenvalue weighted by molar-refractivity contribution is 5.32. The number of aromatic nitrogens is 3. The van der Waals surface area contributed by atoms with Crippen molar-refractivity contribution in [3.05, 3.63) is 47.3 Å². The molecule has 0 aliphatic carbocycles. The van der Waals surface area contributed by atoms with Gasteiger partial charge in [0.2, 0.25) is 0 Å². The summed E-state index contributed by atoms with van der Waals surface area (Å²) < 4.78 is 15.1. The van der Waals surface area contributed by atoms with Crippen molar-refractivity contribution in [2.75, 3.05) is 0 Å². The summed E-state index contributed by atoms with van der Waals surface area (Å²) in [7, 11) is 0. The van der Waals surface area contributed by atoms with E-state index < -0.39 is 5.82 Å². The molecule has 2 rings (SSSR count). The minimum atomic E-state index is -0.422. The van der Waals surface area contributed by atoms with Gasteiger partial charge < -0.3 is 5.73 Å². The van der Waals surface area contributed by atoms with Gasteiger partial charge in [-0.05, 0) is 12.1 Å². The fourth-order valence-electron chi connectivity index (χ4n) is 1.42. The van der Waals surface area contributed by atoms with E-state index in [1.807, 2.05) is 6.07 Å². The van der Waals surface area contributed by atoms with Crippen molar-refractivity contribution in [3.8, 4) is 6.07 Å². The third-order valence-corrected chi connectivity index (χ3v) is 2.28. The Morgan fingerprint density at radius 1 is 1.47 bits per heavy atom. The van der Waals surface area contributed by atoms with Gasteiger partial charge in [0.05, 0.1) is 24.7 Å². The van der Waals surface area contributed by atoms with E-state index in [1.165, 1.54) is 17.1 Å². The van der Waals surface area contributed by atoms with E-state index in [4.69, 9.17) is 11.0 Å². The molecule has 0 saturated heterocycles. The summed E-state index contributed by atoms with van der Waals surface area (Å²) in [6.07, 6.45) is 1.50. The average molecular weight is 231 g/mol. The molecule has 0 spiro atoms. The fourth-order valence-corrected chi connectivity index (χ4v) is 1.42. The van der Waals surface area contributed by atoms with Crippen molar-refractivity contribution >= 4 is 0 Å². The van der Waals surface area contributed by atoms with Gasteiger partial charge in [0.25, 0.3) is 0 Å². The molecule has 17 heavy (non-hydrogen) atoms. The van der Waals surface area contributed by atoms with Gasteiger partial charge in [0.15, 0.2) is 5.82 Å².